The SMILES string of the molecule is CCCN(CCC)CCC(O)c1ccc2c(c1)CCCN2. The molecule has 1 aliphatic heterocycles. The van der Waals surface area contributed by atoms with Gasteiger partial charge < -0.3 is 15.3 Å². The third kappa shape index (κ3) is 4.72. The average Bonchev–Trinajstić information content (AvgIpc) is 2.52. The van der Waals surface area contributed by atoms with Crippen LogP contribution >= 0.6 is 0 Å². The number of aliphatic hydroxyl groups excluding tert-OH is 1. The third-order valence-electron chi connectivity index (χ3n) is 4.25. The number of rotatable bonds is 8. The highest BCUT2D eigenvalue weighted by Gasteiger charge is 2.14. The standard InChI is InChI=1S/C18H30N2O/c1-3-11-20(12-4-2)13-9-18(21)16-7-8-17-15(14-16)6-5-10-19-17/h7-8,14,18-19,21H,3-6,9-13H2,1-2H3. The van der Waals surface area contributed by atoms with Gasteiger partial charge in [0.2, 0.25) is 0 Å². The van der Waals surface area contributed by atoms with E-state index in [-0.39, 0.29) is 6.10 Å². The van der Waals surface area contributed by atoms with Gasteiger partial charge in [0.25, 0.3) is 0 Å². The molecule has 3 heteroatoms. The van der Waals surface area contributed by atoms with Gasteiger partial charge in [-0.2, -0.15) is 0 Å². The number of nitrogens with zero attached hydrogens (tertiary/aromatic N) is 1. The van der Waals surface area contributed by atoms with Gasteiger partial charge >= 0.3 is 0 Å². The molecule has 1 aliphatic rings. The smallest absolute Gasteiger partial charge is 0.0802 e. The van der Waals surface area contributed by atoms with Crippen LogP contribution in [0.3, 0.4) is 0 Å². The van der Waals surface area contributed by atoms with Crippen LogP contribution in [0.2, 0.25) is 0 Å². The molecule has 1 aromatic carbocycles. The molecule has 0 fully saturated rings. The van der Waals surface area contributed by atoms with Gasteiger partial charge in [-0.1, -0.05) is 26.0 Å². The maximum Gasteiger partial charge on any atom is 0.0802 e. The minimum atomic E-state index is -0.339. The zero-order valence-corrected chi connectivity index (χ0v) is 13.6. The van der Waals surface area contributed by atoms with Crippen molar-refractivity contribution >= 4 is 5.69 Å². The van der Waals surface area contributed by atoms with E-state index in [0.29, 0.717) is 0 Å². The van der Waals surface area contributed by atoms with E-state index in [0.717, 1.165) is 44.6 Å². The second kappa shape index (κ2) is 8.40. The molecule has 1 atom stereocenters. The van der Waals surface area contributed by atoms with Crippen molar-refractivity contribution in [3.8, 4) is 0 Å². The highest BCUT2D eigenvalue weighted by Crippen LogP contribution is 2.26. The number of fused-ring (bicyclic) bond motifs is 1. The first-order valence-corrected chi connectivity index (χ1v) is 8.51. The molecule has 21 heavy (non-hydrogen) atoms. The number of aliphatic hydroxyl groups is 1. The Morgan fingerprint density at radius 1 is 1.19 bits per heavy atom. The van der Waals surface area contributed by atoms with Crippen LogP contribution in [-0.2, 0) is 6.42 Å². The van der Waals surface area contributed by atoms with Crippen LogP contribution in [0.4, 0.5) is 5.69 Å². The lowest BCUT2D eigenvalue weighted by Crippen LogP contribution is -2.27. The molecule has 3 nitrogen and oxygen atoms in total. The molecule has 0 aliphatic carbocycles. The number of benzene rings is 1. The minimum absolute atomic E-state index is 0.339. The summed E-state index contributed by atoms with van der Waals surface area (Å²) in [5.41, 5.74) is 3.68. The molecule has 1 unspecified atom stereocenters. The summed E-state index contributed by atoms with van der Waals surface area (Å²) in [6.45, 7) is 8.75. The zero-order valence-electron chi connectivity index (χ0n) is 13.6. The quantitative estimate of drug-likeness (QED) is 0.768. The Hall–Kier alpha value is -1.06. The second-order valence-corrected chi connectivity index (χ2v) is 6.09. The molecule has 2 rings (SSSR count). The lowest BCUT2D eigenvalue weighted by Gasteiger charge is -2.24. The first kappa shape index (κ1) is 16.3. The summed E-state index contributed by atoms with van der Waals surface area (Å²) in [5, 5.41) is 13.9. The van der Waals surface area contributed by atoms with E-state index in [1.165, 1.54) is 30.5 Å². The van der Waals surface area contributed by atoms with Crippen LogP contribution in [0.15, 0.2) is 18.2 Å². The van der Waals surface area contributed by atoms with Crippen molar-refractivity contribution in [2.45, 2.75) is 52.1 Å². The third-order valence-corrected chi connectivity index (χ3v) is 4.25. The van der Waals surface area contributed by atoms with Crippen molar-refractivity contribution in [2.75, 3.05) is 31.5 Å². The molecule has 0 saturated carbocycles. The van der Waals surface area contributed by atoms with Gasteiger partial charge in [-0.25, -0.2) is 0 Å². The number of hydrogen-bond donors (Lipinski definition) is 2. The normalized spacial score (nSPS) is 15.6. The number of hydrogen-bond acceptors (Lipinski definition) is 3. The summed E-state index contributed by atoms with van der Waals surface area (Å²) >= 11 is 0. The van der Waals surface area contributed by atoms with Crippen LogP contribution in [0, 0.1) is 0 Å². The van der Waals surface area contributed by atoms with Gasteiger partial charge in [-0.3, -0.25) is 0 Å². The van der Waals surface area contributed by atoms with Gasteiger partial charge in [0.05, 0.1) is 6.10 Å². The van der Waals surface area contributed by atoms with E-state index in [2.05, 4.69) is 42.3 Å². The Labute approximate surface area is 129 Å². The Kier molecular flexibility index (Phi) is 6.52. The van der Waals surface area contributed by atoms with Crippen LogP contribution in [0.25, 0.3) is 0 Å². The Bertz CT molecular complexity index is 427. The van der Waals surface area contributed by atoms with E-state index in [9.17, 15) is 5.11 Å². The molecule has 0 amide bonds. The van der Waals surface area contributed by atoms with Crippen LogP contribution in [0.5, 0.6) is 0 Å². The van der Waals surface area contributed by atoms with Crippen molar-refractivity contribution in [2.24, 2.45) is 0 Å². The summed E-state index contributed by atoms with van der Waals surface area (Å²) in [5.74, 6) is 0. The Morgan fingerprint density at radius 3 is 2.67 bits per heavy atom. The maximum absolute atomic E-state index is 10.5. The van der Waals surface area contributed by atoms with Crippen molar-refractivity contribution in [3.05, 3.63) is 29.3 Å². The molecule has 1 aromatic rings. The molecule has 2 N–H and O–H groups in total. The number of nitrogens with one attached hydrogen (secondary N) is 1. The number of aryl methyl sites for hydroxylation is 1. The predicted molar refractivity (Wildman–Crippen MR) is 89.9 cm³/mol. The fourth-order valence-electron chi connectivity index (χ4n) is 3.14. The lowest BCUT2D eigenvalue weighted by molar-refractivity contribution is 0.141. The van der Waals surface area contributed by atoms with Crippen LogP contribution in [0.1, 0.15) is 56.8 Å². The van der Waals surface area contributed by atoms with Gasteiger partial charge in [0.1, 0.15) is 0 Å². The maximum atomic E-state index is 10.5. The van der Waals surface area contributed by atoms with Gasteiger partial charge in [0, 0.05) is 18.8 Å². The van der Waals surface area contributed by atoms with E-state index in [4.69, 9.17) is 0 Å². The topological polar surface area (TPSA) is 35.5 Å². The average molecular weight is 290 g/mol. The molecule has 0 bridgehead atoms. The van der Waals surface area contributed by atoms with Crippen molar-refractivity contribution in [3.63, 3.8) is 0 Å². The molecular weight excluding hydrogens is 260 g/mol. The number of anilines is 1. The predicted octanol–water partition coefficient (Wildman–Crippen LogP) is 3.59. The molecule has 0 radical (unpaired) electrons. The molecule has 0 spiro atoms. The van der Waals surface area contributed by atoms with Crippen LogP contribution in [-0.4, -0.2) is 36.2 Å². The van der Waals surface area contributed by atoms with E-state index in [1.807, 2.05) is 0 Å². The fraction of sp³-hybridized carbons (Fsp3) is 0.667. The van der Waals surface area contributed by atoms with Gasteiger partial charge in [-0.15, -0.1) is 0 Å². The summed E-state index contributed by atoms with van der Waals surface area (Å²) in [7, 11) is 0. The zero-order chi connectivity index (χ0) is 15.1. The molecule has 1 heterocycles. The van der Waals surface area contributed by atoms with E-state index < -0.39 is 0 Å². The first-order chi connectivity index (χ1) is 10.2. The van der Waals surface area contributed by atoms with Gasteiger partial charge in [-0.05, 0) is 62.4 Å². The van der Waals surface area contributed by atoms with E-state index >= 15 is 0 Å². The summed E-state index contributed by atoms with van der Waals surface area (Å²) in [4.78, 5) is 2.46. The largest absolute Gasteiger partial charge is 0.388 e. The Balaban J connectivity index is 1.91. The van der Waals surface area contributed by atoms with Crippen molar-refractivity contribution in [1.82, 2.24) is 4.90 Å². The first-order valence-electron chi connectivity index (χ1n) is 8.51. The molecule has 118 valence electrons. The highest BCUT2D eigenvalue weighted by molar-refractivity contribution is 5.54. The second-order valence-electron chi connectivity index (χ2n) is 6.09. The van der Waals surface area contributed by atoms with Gasteiger partial charge in [0.15, 0.2) is 0 Å². The van der Waals surface area contributed by atoms with Crippen molar-refractivity contribution in [1.29, 1.82) is 0 Å². The monoisotopic (exact) mass is 290 g/mol. The Morgan fingerprint density at radius 2 is 1.95 bits per heavy atom. The van der Waals surface area contributed by atoms with Crippen LogP contribution < -0.4 is 5.32 Å². The highest BCUT2D eigenvalue weighted by atomic mass is 16.3. The van der Waals surface area contributed by atoms with E-state index in [1.54, 1.807) is 0 Å². The van der Waals surface area contributed by atoms with Crippen molar-refractivity contribution < 1.29 is 5.11 Å². The summed E-state index contributed by atoms with van der Waals surface area (Å²) in [6.07, 6.45) is 5.16. The molecule has 0 aromatic heterocycles. The lowest BCUT2D eigenvalue weighted by atomic mass is 9.97. The summed E-state index contributed by atoms with van der Waals surface area (Å²) in [6, 6.07) is 6.39. The fourth-order valence-corrected chi connectivity index (χ4v) is 3.14. The minimum Gasteiger partial charge on any atom is -0.388 e. The molecular formula is C18H30N2O. The summed E-state index contributed by atoms with van der Waals surface area (Å²) < 4.78 is 0. The molecule has 0 saturated heterocycles.